The van der Waals surface area contributed by atoms with E-state index in [0.29, 0.717) is 59.5 Å². The minimum Gasteiger partial charge on any atom is -0.494 e. The maximum Gasteiger partial charge on any atom is 0.405 e. The maximum atomic E-state index is 12.2. The van der Waals surface area contributed by atoms with Crippen molar-refractivity contribution < 1.29 is 19.4 Å². The second kappa shape index (κ2) is 11.4. The summed E-state index contributed by atoms with van der Waals surface area (Å²) in [5, 5.41) is 20.9. The maximum absolute atomic E-state index is 12.2. The molecular weight excluding hydrogens is 510 g/mol. The highest BCUT2D eigenvalue weighted by molar-refractivity contribution is 6.33. The summed E-state index contributed by atoms with van der Waals surface area (Å²) < 4.78 is 5.63. The van der Waals surface area contributed by atoms with Gasteiger partial charge in [0.25, 0.3) is 5.91 Å². The molecule has 1 fully saturated rings. The van der Waals surface area contributed by atoms with Crippen LogP contribution in [0.4, 0.5) is 33.6 Å². The fraction of sp³-hybridized carbons (Fsp3) is 0.308. The normalized spacial score (nSPS) is 14.4. The molecule has 0 aliphatic carbocycles. The van der Waals surface area contributed by atoms with E-state index in [1.165, 1.54) is 6.20 Å². The molecule has 11 nitrogen and oxygen atoms in total. The van der Waals surface area contributed by atoms with Crippen molar-refractivity contribution in [3.63, 3.8) is 0 Å². The number of carbonyl (C=O) groups excluding carboxylic acids is 1. The van der Waals surface area contributed by atoms with E-state index in [0.717, 1.165) is 5.69 Å². The van der Waals surface area contributed by atoms with Crippen molar-refractivity contribution in [3.05, 3.63) is 59.2 Å². The van der Waals surface area contributed by atoms with E-state index in [1.54, 1.807) is 38.4 Å². The van der Waals surface area contributed by atoms with Crippen molar-refractivity contribution >= 4 is 52.4 Å². The van der Waals surface area contributed by atoms with E-state index in [9.17, 15) is 9.59 Å². The zero-order valence-corrected chi connectivity index (χ0v) is 22.1. The van der Waals surface area contributed by atoms with E-state index >= 15 is 0 Å². The molecule has 4 rings (SSSR count). The van der Waals surface area contributed by atoms with E-state index in [4.69, 9.17) is 21.4 Å². The first kappa shape index (κ1) is 26.8. The monoisotopic (exact) mass is 539 g/mol. The number of hydrogen-bond acceptors (Lipinski definition) is 8. The molecule has 1 saturated heterocycles. The van der Waals surface area contributed by atoms with Gasteiger partial charge in [0.15, 0.2) is 5.82 Å². The number of halogens is 1. The molecule has 0 spiro atoms. The molecule has 0 saturated carbocycles. The molecule has 0 atom stereocenters. The number of nitrogens with zero attached hydrogens (tertiary/aromatic N) is 3. The van der Waals surface area contributed by atoms with E-state index in [2.05, 4.69) is 36.1 Å². The molecule has 12 heteroatoms. The predicted octanol–water partition coefficient (Wildman–Crippen LogP) is 4.61. The van der Waals surface area contributed by atoms with Crippen molar-refractivity contribution in [1.82, 2.24) is 20.6 Å². The Balaban J connectivity index is 1.50. The Hall–Kier alpha value is -4.25. The lowest BCUT2D eigenvalue weighted by atomic mass is 9.89. The Morgan fingerprint density at radius 3 is 2.53 bits per heavy atom. The lowest BCUT2D eigenvalue weighted by Gasteiger charge is -2.40. The van der Waals surface area contributed by atoms with E-state index in [-0.39, 0.29) is 11.9 Å². The van der Waals surface area contributed by atoms with Gasteiger partial charge in [0.05, 0.1) is 30.2 Å². The summed E-state index contributed by atoms with van der Waals surface area (Å²) in [5.74, 6) is 0.978. The van der Waals surface area contributed by atoms with Crippen LogP contribution in [-0.2, 0) is 0 Å². The molecule has 38 heavy (non-hydrogen) atoms. The van der Waals surface area contributed by atoms with Gasteiger partial charge in [-0.05, 0) is 44.0 Å². The Labute approximate surface area is 225 Å². The third kappa shape index (κ3) is 6.17. The van der Waals surface area contributed by atoms with Gasteiger partial charge in [0, 0.05) is 37.4 Å². The number of methoxy groups -OCH3 is 1. The van der Waals surface area contributed by atoms with Crippen LogP contribution in [0.2, 0.25) is 5.02 Å². The summed E-state index contributed by atoms with van der Waals surface area (Å²) in [4.78, 5) is 34.3. The smallest absolute Gasteiger partial charge is 0.405 e. The van der Waals surface area contributed by atoms with Gasteiger partial charge in [-0.25, -0.2) is 9.78 Å². The van der Waals surface area contributed by atoms with Crippen LogP contribution in [0.25, 0.3) is 0 Å². The highest BCUT2D eigenvalue weighted by Crippen LogP contribution is 2.34. The highest BCUT2D eigenvalue weighted by Gasteiger charge is 2.31. The van der Waals surface area contributed by atoms with Crippen LogP contribution in [-0.4, -0.2) is 59.9 Å². The first-order valence-corrected chi connectivity index (χ1v) is 12.4. The van der Waals surface area contributed by atoms with Crippen LogP contribution in [0.15, 0.2) is 48.7 Å². The Morgan fingerprint density at radius 1 is 1.11 bits per heavy atom. The first-order valence-electron chi connectivity index (χ1n) is 12.0. The van der Waals surface area contributed by atoms with Gasteiger partial charge < -0.3 is 36.0 Å². The zero-order valence-electron chi connectivity index (χ0n) is 21.3. The summed E-state index contributed by atoms with van der Waals surface area (Å²) in [6.07, 6.45) is 1.85. The second-order valence-electron chi connectivity index (χ2n) is 9.13. The highest BCUT2D eigenvalue weighted by atomic mass is 35.5. The number of hydrogen-bond donors (Lipinski definition) is 5. The molecule has 0 bridgehead atoms. The minimum absolute atomic E-state index is 0.238. The van der Waals surface area contributed by atoms with Crippen molar-refractivity contribution in [3.8, 4) is 5.75 Å². The van der Waals surface area contributed by atoms with Gasteiger partial charge in [-0.3, -0.25) is 4.79 Å². The van der Waals surface area contributed by atoms with Gasteiger partial charge >= 0.3 is 6.09 Å². The molecular formula is C26H30ClN7O4. The molecule has 2 aromatic carbocycles. The second-order valence-corrected chi connectivity index (χ2v) is 9.53. The van der Waals surface area contributed by atoms with E-state index < -0.39 is 11.6 Å². The number of amides is 2. The topological polar surface area (TPSA) is 141 Å². The predicted molar refractivity (Wildman–Crippen MR) is 147 cm³/mol. The minimum atomic E-state index is -1.00. The number of aromatic nitrogens is 2. The van der Waals surface area contributed by atoms with Gasteiger partial charge in [-0.1, -0.05) is 23.7 Å². The third-order valence-corrected chi connectivity index (χ3v) is 6.74. The fourth-order valence-corrected chi connectivity index (χ4v) is 4.45. The van der Waals surface area contributed by atoms with Crippen LogP contribution in [0, 0.1) is 0 Å². The summed E-state index contributed by atoms with van der Waals surface area (Å²) in [6.45, 7) is 3.34. The van der Waals surface area contributed by atoms with Gasteiger partial charge in [-0.2, -0.15) is 4.98 Å². The van der Waals surface area contributed by atoms with Crippen molar-refractivity contribution in [2.45, 2.75) is 25.3 Å². The number of piperidine rings is 1. The van der Waals surface area contributed by atoms with Crippen LogP contribution >= 0.6 is 11.6 Å². The Bertz CT molecular complexity index is 1330. The number of para-hydroxylation sites is 1. The molecule has 2 heterocycles. The van der Waals surface area contributed by atoms with Gasteiger partial charge in [0.1, 0.15) is 10.8 Å². The fourth-order valence-electron chi connectivity index (χ4n) is 4.31. The average Bonchev–Trinajstić information content (AvgIpc) is 2.90. The SMILES string of the molecule is CNC(=O)c1ccccc1Nc1nc(Nc2ccc(N3CCC(C)(NC(=O)O)CC3)cc2OC)ncc1Cl. The van der Waals surface area contributed by atoms with Crippen molar-refractivity contribution in [1.29, 1.82) is 0 Å². The van der Waals surface area contributed by atoms with Crippen LogP contribution < -0.4 is 30.9 Å². The summed E-state index contributed by atoms with van der Waals surface area (Å²) in [7, 11) is 3.15. The Morgan fingerprint density at radius 2 is 1.84 bits per heavy atom. The molecule has 0 unspecified atom stereocenters. The first-order chi connectivity index (χ1) is 18.2. The summed E-state index contributed by atoms with van der Waals surface area (Å²) in [6, 6.07) is 12.8. The number of anilines is 5. The number of carboxylic acid groups (broad SMARTS) is 1. The molecule has 3 aromatic rings. The number of benzene rings is 2. The quantitative estimate of drug-likeness (QED) is 0.277. The number of ether oxygens (including phenoxy) is 1. The largest absolute Gasteiger partial charge is 0.494 e. The lowest BCUT2D eigenvalue weighted by Crippen LogP contribution is -2.53. The average molecular weight is 540 g/mol. The summed E-state index contributed by atoms with van der Waals surface area (Å²) >= 11 is 6.35. The molecule has 1 aromatic heterocycles. The number of carbonyl (C=O) groups is 2. The van der Waals surface area contributed by atoms with Crippen molar-refractivity contribution in [2.75, 3.05) is 42.8 Å². The Kier molecular flexibility index (Phi) is 8.06. The lowest BCUT2D eigenvalue weighted by molar-refractivity contribution is 0.0964. The zero-order chi connectivity index (χ0) is 27.3. The van der Waals surface area contributed by atoms with Crippen LogP contribution in [0.3, 0.4) is 0 Å². The number of rotatable bonds is 8. The molecule has 1 aliphatic rings. The van der Waals surface area contributed by atoms with Crippen LogP contribution in [0.5, 0.6) is 5.75 Å². The molecule has 1 aliphatic heterocycles. The van der Waals surface area contributed by atoms with Crippen molar-refractivity contribution in [2.24, 2.45) is 0 Å². The summed E-state index contributed by atoms with van der Waals surface area (Å²) in [5.41, 5.74) is 2.19. The molecule has 2 amide bonds. The molecule has 5 N–H and O–H groups in total. The van der Waals surface area contributed by atoms with Gasteiger partial charge in [-0.15, -0.1) is 0 Å². The third-order valence-electron chi connectivity index (χ3n) is 6.47. The van der Waals surface area contributed by atoms with Crippen LogP contribution in [0.1, 0.15) is 30.1 Å². The van der Waals surface area contributed by atoms with Gasteiger partial charge in [0.2, 0.25) is 5.95 Å². The molecule has 0 radical (unpaired) electrons. The molecule has 200 valence electrons. The number of nitrogens with one attached hydrogen (secondary N) is 4. The standard InChI is InChI=1S/C26H30ClN7O4/c1-26(33-25(36)37)10-12-34(13-11-26)16-8-9-20(21(14-16)38-3)31-24-29-15-18(27)22(32-24)30-19-7-5-4-6-17(19)23(35)28-2/h4-9,14-15,33H,10-13H2,1-3H3,(H,28,35)(H,36,37)(H2,29,30,31,32). The van der Waals surface area contributed by atoms with E-state index in [1.807, 2.05) is 25.1 Å².